The van der Waals surface area contributed by atoms with Gasteiger partial charge in [-0.1, -0.05) is 12.8 Å². The van der Waals surface area contributed by atoms with Gasteiger partial charge in [0.25, 0.3) is 5.91 Å². The molecule has 2 fully saturated rings. The van der Waals surface area contributed by atoms with Crippen molar-refractivity contribution < 1.29 is 28.6 Å². The number of hydrogen-bond donors (Lipinski definition) is 2. The van der Waals surface area contributed by atoms with Crippen LogP contribution in [0.4, 0.5) is 0 Å². The van der Waals surface area contributed by atoms with Crippen molar-refractivity contribution in [1.29, 1.82) is 0 Å². The van der Waals surface area contributed by atoms with Crippen LogP contribution in [0.5, 0.6) is 17.2 Å². The van der Waals surface area contributed by atoms with Crippen LogP contribution < -0.4 is 25.1 Å². The molecule has 9 heteroatoms. The number of likely N-dealkylation sites (tertiary alicyclic amines) is 1. The molecule has 0 radical (unpaired) electrons. The molecule has 158 valence electrons. The van der Waals surface area contributed by atoms with Crippen molar-refractivity contribution >= 4 is 17.7 Å². The van der Waals surface area contributed by atoms with Gasteiger partial charge in [-0.05, 0) is 25.0 Å². The molecule has 1 aliphatic heterocycles. The lowest BCUT2D eigenvalue weighted by molar-refractivity contribution is -0.130. The van der Waals surface area contributed by atoms with Crippen molar-refractivity contribution in [3.63, 3.8) is 0 Å². The van der Waals surface area contributed by atoms with Gasteiger partial charge < -0.3 is 19.1 Å². The van der Waals surface area contributed by atoms with Gasteiger partial charge in [0.1, 0.15) is 0 Å². The van der Waals surface area contributed by atoms with E-state index in [2.05, 4.69) is 10.9 Å². The number of amides is 3. The van der Waals surface area contributed by atoms with Crippen molar-refractivity contribution in [2.45, 2.75) is 38.1 Å². The molecule has 9 nitrogen and oxygen atoms in total. The van der Waals surface area contributed by atoms with E-state index in [1.807, 2.05) is 4.90 Å². The molecule has 1 heterocycles. The molecular formula is C20H27N3O6. The lowest BCUT2D eigenvalue weighted by atomic mass is 10.1. The standard InChI is InChI=1S/C20H27N3O6/c1-27-15-8-12(9-16(28-2)18(15)29-3)19(25)21-22-20(26)13-10-17(24)23(11-13)14-6-4-5-7-14/h8-9,13-14H,4-7,10-11H2,1-3H3,(H,21,25)(H,22,26). The van der Waals surface area contributed by atoms with Crippen molar-refractivity contribution in [2.24, 2.45) is 5.92 Å². The summed E-state index contributed by atoms with van der Waals surface area (Å²) in [7, 11) is 4.38. The Kier molecular flexibility index (Phi) is 6.46. The van der Waals surface area contributed by atoms with Gasteiger partial charge in [-0.2, -0.15) is 0 Å². The van der Waals surface area contributed by atoms with E-state index >= 15 is 0 Å². The summed E-state index contributed by atoms with van der Waals surface area (Å²) in [6.07, 6.45) is 4.41. The van der Waals surface area contributed by atoms with Gasteiger partial charge in [0.2, 0.25) is 17.6 Å². The largest absolute Gasteiger partial charge is 0.493 e. The van der Waals surface area contributed by atoms with Crippen molar-refractivity contribution in [1.82, 2.24) is 15.8 Å². The number of benzene rings is 1. The van der Waals surface area contributed by atoms with Gasteiger partial charge in [0.05, 0.1) is 27.2 Å². The fourth-order valence-electron chi connectivity index (χ4n) is 3.98. The summed E-state index contributed by atoms with van der Waals surface area (Å²) in [5.74, 6) is -0.341. The van der Waals surface area contributed by atoms with E-state index in [9.17, 15) is 14.4 Å². The van der Waals surface area contributed by atoms with Crippen LogP contribution in [0, 0.1) is 5.92 Å². The predicted octanol–water partition coefficient (Wildman–Crippen LogP) is 1.26. The van der Waals surface area contributed by atoms with E-state index in [4.69, 9.17) is 14.2 Å². The number of rotatable bonds is 6. The van der Waals surface area contributed by atoms with Crippen LogP contribution >= 0.6 is 0 Å². The molecule has 1 saturated heterocycles. The Morgan fingerprint density at radius 3 is 2.17 bits per heavy atom. The molecule has 3 rings (SSSR count). The summed E-state index contributed by atoms with van der Waals surface area (Å²) >= 11 is 0. The fraction of sp³-hybridized carbons (Fsp3) is 0.550. The molecule has 29 heavy (non-hydrogen) atoms. The first-order valence-corrected chi connectivity index (χ1v) is 9.68. The van der Waals surface area contributed by atoms with Gasteiger partial charge >= 0.3 is 0 Å². The van der Waals surface area contributed by atoms with Crippen molar-refractivity contribution in [2.75, 3.05) is 27.9 Å². The molecule has 1 saturated carbocycles. The number of nitrogens with one attached hydrogen (secondary N) is 2. The predicted molar refractivity (Wildman–Crippen MR) is 104 cm³/mol. The minimum atomic E-state index is -0.533. The molecule has 3 amide bonds. The van der Waals surface area contributed by atoms with Crippen LogP contribution in [0.2, 0.25) is 0 Å². The molecule has 1 aromatic carbocycles. The second-order valence-electron chi connectivity index (χ2n) is 7.24. The lowest BCUT2D eigenvalue weighted by Gasteiger charge is -2.23. The Bertz CT molecular complexity index is 765. The summed E-state index contributed by atoms with van der Waals surface area (Å²) in [4.78, 5) is 39.0. The van der Waals surface area contributed by atoms with Crippen molar-refractivity contribution in [3.8, 4) is 17.2 Å². The Labute approximate surface area is 169 Å². The Hall–Kier alpha value is -2.97. The maximum absolute atomic E-state index is 12.5. The average Bonchev–Trinajstić information content (AvgIpc) is 3.39. The van der Waals surface area contributed by atoms with Gasteiger partial charge in [-0.25, -0.2) is 0 Å². The smallest absolute Gasteiger partial charge is 0.269 e. The molecule has 2 N–H and O–H groups in total. The molecule has 0 spiro atoms. The number of carbonyl (C=O) groups excluding carboxylic acids is 3. The third kappa shape index (κ3) is 4.38. The zero-order chi connectivity index (χ0) is 21.0. The summed E-state index contributed by atoms with van der Waals surface area (Å²) in [5.41, 5.74) is 5.05. The van der Waals surface area contributed by atoms with E-state index in [1.165, 1.54) is 33.5 Å². The van der Waals surface area contributed by atoms with Crippen LogP contribution in [-0.2, 0) is 9.59 Å². The highest BCUT2D eigenvalue weighted by atomic mass is 16.5. The Morgan fingerprint density at radius 1 is 1.00 bits per heavy atom. The van der Waals surface area contributed by atoms with Crippen molar-refractivity contribution in [3.05, 3.63) is 17.7 Å². The molecular weight excluding hydrogens is 378 g/mol. The normalized spacial score (nSPS) is 19.2. The summed E-state index contributed by atoms with van der Waals surface area (Å²) in [6, 6.07) is 3.22. The highest BCUT2D eigenvalue weighted by Gasteiger charge is 2.38. The second kappa shape index (κ2) is 9.02. The molecule has 2 aliphatic rings. The maximum atomic E-state index is 12.5. The van der Waals surface area contributed by atoms with Gasteiger partial charge in [0.15, 0.2) is 11.5 Å². The number of nitrogens with zero attached hydrogens (tertiary/aromatic N) is 1. The fourth-order valence-corrected chi connectivity index (χ4v) is 3.98. The van der Waals surface area contributed by atoms with Gasteiger partial charge in [0, 0.05) is 24.6 Å². The Balaban J connectivity index is 1.60. The van der Waals surface area contributed by atoms with E-state index in [0.717, 1.165) is 25.7 Å². The Morgan fingerprint density at radius 2 is 1.62 bits per heavy atom. The zero-order valence-electron chi connectivity index (χ0n) is 16.9. The highest BCUT2D eigenvalue weighted by molar-refractivity contribution is 5.97. The maximum Gasteiger partial charge on any atom is 0.269 e. The van der Waals surface area contributed by atoms with Crippen LogP contribution in [-0.4, -0.2) is 56.5 Å². The van der Waals surface area contributed by atoms with Gasteiger partial charge in [-0.3, -0.25) is 25.2 Å². The molecule has 1 unspecified atom stereocenters. The topological polar surface area (TPSA) is 106 Å². The molecule has 0 bridgehead atoms. The third-order valence-corrected chi connectivity index (χ3v) is 5.52. The van der Waals surface area contributed by atoms with E-state index in [1.54, 1.807) is 0 Å². The second-order valence-corrected chi connectivity index (χ2v) is 7.24. The molecule has 1 aromatic rings. The zero-order valence-corrected chi connectivity index (χ0v) is 16.9. The first-order chi connectivity index (χ1) is 14.0. The summed E-state index contributed by atoms with van der Waals surface area (Å²) in [6.45, 7) is 0.398. The van der Waals surface area contributed by atoms with E-state index < -0.39 is 11.8 Å². The third-order valence-electron chi connectivity index (χ3n) is 5.52. The number of hydrogen-bond acceptors (Lipinski definition) is 6. The molecule has 1 aliphatic carbocycles. The summed E-state index contributed by atoms with van der Waals surface area (Å²) < 4.78 is 15.7. The van der Waals surface area contributed by atoms with Crippen LogP contribution in [0.1, 0.15) is 42.5 Å². The minimum absolute atomic E-state index is 0.00741. The van der Waals surface area contributed by atoms with Gasteiger partial charge in [-0.15, -0.1) is 0 Å². The minimum Gasteiger partial charge on any atom is -0.493 e. The SMILES string of the molecule is COc1cc(C(=O)NNC(=O)C2CC(=O)N(C3CCCC3)C2)cc(OC)c1OC. The van der Waals surface area contributed by atoms with Crippen LogP contribution in [0.25, 0.3) is 0 Å². The molecule has 1 atom stereocenters. The lowest BCUT2D eigenvalue weighted by Crippen LogP contribution is -2.45. The first-order valence-electron chi connectivity index (χ1n) is 9.68. The number of hydrazine groups is 1. The van der Waals surface area contributed by atoms with E-state index in [0.29, 0.717) is 23.8 Å². The number of methoxy groups -OCH3 is 3. The van der Waals surface area contributed by atoms with Crippen LogP contribution in [0.15, 0.2) is 12.1 Å². The first kappa shape index (κ1) is 20.8. The number of carbonyl (C=O) groups is 3. The van der Waals surface area contributed by atoms with E-state index in [-0.39, 0.29) is 29.8 Å². The molecule has 0 aromatic heterocycles. The van der Waals surface area contributed by atoms with Crippen LogP contribution in [0.3, 0.4) is 0 Å². The average molecular weight is 405 g/mol. The monoisotopic (exact) mass is 405 g/mol. The number of ether oxygens (including phenoxy) is 3. The summed E-state index contributed by atoms with van der Waals surface area (Å²) in [5, 5.41) is 0. The quantitative estimate of drug-likeness (QED) is 0.691. The highest BCUT2D eigenvalue weighted by Crippen LogP contribution is 2.38.